The lowest BCUT2D eigenvalue weighted by Crippen LogP contribution is -2.30. The molecule has 0 saturated carbocycles. The van der Waals surface area contributed by atoms with Crippen molar-refractivity contribution in [1.29, 1.82) is 5.26 Å². The van der Waals surface area contributed by atoms with Gasteiger partial charge in [-0.05, 0) is 35.2 Å². The van der Waals surface area contributed by atoms with E-state index in [0.29, 0.717) is 11.3 Å². The molecule has 35 heavy (non-hydrogen) atoms. The minimum absolute atomic E-state index is 0.354. The predicted molar refractivity (Wildman–Crippen MR) is 138 cm³/mol. The third-order valence-corrected chi connectivity index (χ3v) is 6.59. The zero-order valence-corrected chi connectivity index (χ0v) is 19.5. The number of nitriles is 1. The number of hydrogen-bond acceptors (Lipinski definition) is 3. The van der Waals surface area contributed by atoms with E-state index in [-0.39, 0.29) is 0 Å². The second kappa shape index (κ2) is 8.23. The number of aromatic nitrogens is 2. The van der Waals surface area contributed by atoms with Crippen LogP contribution in [0.1, 0.15) is 11.3 Å². The van der Waals surface area contributed by atoms with Crippen LogP contribution in [0, 0.1) is 18.3 Å². The van der Waals surface area contributed by atoms with E-state index in [1.807, 2.05) is 55.7 Å². The molecule has 0 aliphatic heterocycles. The van der Waals surface area contributed by atoms with Crippen LogP contribution in [0.4, 0.5) is 0 Å². The number of rotatable bonds is 3. The molecule has 6 rings (SSSR count). The second-order valence-electron chi connectivity index (χ2n) is 8.71. The number of furan rings is 1. The summed E-state index contributed by atoms with van der Waals surface area (Å²) >= 11 is 0. The number of aryl methyl sites for hydroxylation is 2. The summed E-state index contributed by atoms with van der Waals surface area (Å²) in [6.45, 7) is 2.09. The van der Waals surface area contributed by atoms with Crippen LogP contribution in [-0.2, 0) is 7.05 Å². The molecule has 0 fully saturated rings. The maximum absolute atomic E-state index is 9.90. The van der Waals surface area contributed by atoms with Crippen molar-refractivity contribution in [3.63, 3.8) is 0 Å². The Bertz CT molecular complexity index is 1760. The molecule has 166 valence electrons. The summed E-state index contributed by atoms with van der Waals surface area (Å²) in [4.78, 5) is 4.52. The van der Waals surface area contributed by atoms with Gasteiger partial charge in [-0.1, -0.05) is 66.7 Å². The molecule has 0 bridgehead atoms. The van der Waals surface area contributed by atoms with Crippen molar-refractivity contribution in [3.05, 3.63) is 109 Å². The van der Waals surface area contributed by atoms with Gasteiger partial charge < -0.3 is 4.42 Å². The van der Waals surface area contributed by atoms with Crippen LogP contribution in [0.3, 0.4) is 0 Å². The molecule has 0 unspecified atom stereocenters. The van der Waals surface area contributed by atoms with E-state index in [0.717, 1.165) is 55.4 Å². The Morgan fingerprint density at radius 1 is 0.743 bits per heavy atom. The molecule has 3 aromatic heterocycles. The lowest BCUT2D eigenvalue weighted by atomic mass is 9.97. The van der Waals surface area contributed by atoms with E-state index < -0.39 is 0 Å². The number of fused-ring (bicyclic) bond motifs is 3. The van der Waals surface area contributed by atoms with Gasteiger partial charge in [-0.25, -0.2) is 9.55 Å². The standard InChI is InChI=1S/C31H22N3O/c1-20-11-16-24-25-19-33-26(18-32)29(23-14-12-22(13-15-23)21-8-4-3-5-9-21)31(25)35-30(24)28(20)27-10-6-7-17-34(27)2/h3-17,19H,1-2H3/q+1. The highest BCUT2D eigenvalue weighted by Crippen LogP contribution is 2.41. The van der Waals surface area contributed by atoms with Crippen LogP contribution < -0.4 is 4.57 Å². The molecule has 0 N–H and O–H groups in total. The smallest absolute Gasteiger partial charge is 0.216 e. The Labute approximate surface area is 203 Å². The van der Waals surface area contributed by atoms with E-state index in [1.165, 1.54) is 0 Å². The molecule has 6 aromatic rings. The van der Waals surface area contributed by atoms with Crippen LogP contribution in [0.15, 0.2) is 102 Å². The van der Waals surface area contributed by atoms with Gasteiger partial charge in [0.15, 0.2) is 11.9 Å². The average Bonchev–Trinajstić information content (AvgIpc) is 3.28. The Morgan fingerprint density at radius 3 is 2.17 bits per heavy atom. The fourth-order valence-corrected chi connectivity index (χ4v) is 4.81. The molecule has 3 aromatic carbocycles. The zero-order chi connectivity index (χ0) is 23.9. The number of pyridine rings is 2. The SMILES string of the molecule is Cc1ccc2c(oc3c(-c4ccc(-c5ccccc5)cc4)c(C#N)ncc32)c1-c1cccc[n+]1C. The highest BCUT2D eigenvalue weighted by Gasteiger charge is 2.23. The largest absolute Gasteiger partial charge is 0.454 e. The van der Waals surface area contributed by atoms with Crippen LogP contribution >= 0.6 is 0 Å². The summed E-state index contributed by atoms with van der Waals surface area (Å²) in [5.74, 6) is 0. The topological polar surface area (TPSA) is 53.7 Å². The number of hydrogen-bond donors (Lipinski definition) is 0. The summed E-state index contributed by atoms with van der Waals surface area (Å²) < 4.78 is 8.71. The minimum Gasteiger partial charge on any atom is -0.454 e. The van der Waals surface area contributed by atoms with Gasteiger partial charge in [0.05, 0.1) is 11.1 Å². The molecule has 4 heteroatoms. The lowest BCUT2D eigenvalue weighted by Gasteiger charge is -2.07. The highest BCUT2D eigenvalue weighted by atomic mass is 16.3. The molecule has 4 nitrogen and oxygen atoms in total. The quantitative estimate of drug-likeness (QED) is 0.272. The number of benzene rings is 3. The van der Waals surface area contributed by atoms with Gasteiger partial charge in [0.2, 0.25) is 5.69 Å². The number of nitrogens with zero attached hydrogens (tertiary/aromatic N) is 3. The summed E-state index contributed by atoms with van der Waals surface area (Å²) in [6.07, 6.45) is 3.79. The first-order valence-electron chi connectivity index (χ1n) is 11.5. The van der Waals surface area contributed by atoms with Gasteiger partial charge in [0.25, 0.3) is 0 Å². The van der Waals surface area contributed by atoms with E-state index >= 15 is 0 Å². The lowest BCUT2D eigenvalue weighted by molar-refractivity contribution is -0.660. The van der Waals surface area contributed by atoms with Crippen LogP contribution in [0.5, 0.6) is 0 Å². The van der Waals surface area contributed by atoms with Crippen molar-refractivity contribution in [2.45, 2.75) is 6.92 Å². The first kappa shape index (κ1) is 20.8. The van der Waals surface area contributed by atoms with Crippen molar-refractivity contribution in [2.24, 2.45) is 7.05 Å². The van der Waals surface area contributed by atoms with Crippen LogP contribution in [-0.4, -0.2) is 4.98 Å². The Morgan fingerprint density at radius 2 is 1.43 bits per heavy atom. The maximum Gasteiger partial charge on any atom is 0.216 e. The molecule has 0 atom stereocenters. The molecular weight excluding hydrogens is 430 g/mol. The Kier molecular flexibility index (Phi) is 4.90. The molecule has 0 saturated heterocycles. The summed E-state index contributed by atoms with van der Waals surface area (Å²) in [5, 5.41) is 11.8. The first-order valence-corrected chi connectivity index (χ1v) is 11.5. The summed E-state index contributed by atoms with van der Waals surface area (Å²) in [6, 6.07) is 31.1. The Balaban J connectivity index is 1.61. The summed E-state index contributed by atoms with van der Waals surface area (Å²) in [7, 11) is 2.03. The summed E-state index contributed by atoms with van der Waals surface area (Å²) in [5.41, 5.74) is 8.98. The molecular formula is C31H22N3O+. The third kappa shape index (κ3) is 3.37. The Hall–Kier alpha value is -4.75. The average molecular weight is 453 g/mol. The van der Waals surface area contributed by atoms with E-state index in [4.69, 9.17) is 4.42 Å². The van der Waals surface area contributed by atoms with Crippen LogP contribution in [0.2, 0.25) is 0 Å². The molecule has 0 aliphatic rings. The van der Waals surface area contributed by atoms with Crippen molar-refractivity contribution in [2.75, 3.05) is 0 Å². The van der Waals surface area contributed by atoms with E-state index in [9.17, 15) is 5.26 Å². The highest BCUT2D eigenvalue weighted by molar-refractivity contribution is 6.13. The normalized spacial score (nSPS) is 11.1. The van der Waals surface area contributed by atoms with Gasteiger partial charge >= 0.3 is 0 Å². The first-order chi connectivity index (χ1) is 17.2. The molecule has 0 aliphatic carbocycles. The minimum atomic E-state index is 0.354. The van der Waals surface area contributed by atoms with E-state index in [1.54, 1.807) is 6.20 Å². The third-order valence-electron chi connectivity index (χ3n) is 6.59. The van der Waals surface area contributed by atoms with Crippen molar-refractivity contribution in [3.8, 4) is 39.6 Å². The van der Waals surface area contributed by atoms with Gasteiger partial charge in [-0.15, -0.1) is 0 Å². The van der Waals surface area contributed by atoms with E-state index in [2.05, 4.69) is 65.0 Å². The van der Waals surface area contributed by atoms with Gasteiger partial charge in [-0.3, -0.25) is 0 Å². The van der Waals surface area contributed by atoms with Gasteiger partial charge in [-0.2, -0.15) is 5.26 Å². The van der Waals surface area contributed by atoms with Gasteiger partial charge in [0, 0.05) is 29.1 Å². The molecule has 0 radical (unpaired) electrons. The van der Waals surface area contributed by atoms with Crippen molar-refractivity contribution < 1.29 is 8.98 Å². The van der Waals surface area contributed by atoms with Crippen LogP contribution in [0.25, 0.3) is 55.4 Å². The fraction of sp³-hybridized carbons (Fsp3) is 0.0645. The molecule has 3 heterocycles. The zero-order valence-electron chi connectivity index (χ0n) is 19.5. The second-order valence-corrected chi connectivity index (χ2v) is 8.71. The molecule has 0 spiro atoms. The van der Waals surface area contributed by atoms with Crippen molar-refractivity contribution >= 4 is 21.9 Å². The predicted octanol–water partition coefficient (Wildman–Crippen LogP) is 6.99. The van der Waals surface area contributed by atoms with Gasteiger partial charge in [0.1, 0.15) is 24.3 Å². The van der Waals surface area contributed by atoms with Crippen molar-refractivity contribution in [1.82, 2.24) is 4.98 Å². The monoisotopic (exact) mass is 452 g/mol. The molecule has 0 amide bonds. The fourth-order valence-electron chi connectivity index (χ4n) is 4.81. The maximum atomic E-state index is 9.90.